The van der Waals surface area contributed by atoms with Crippen molar-refractivity contribution in [1.29, 1.82) is 5.26 Å². The van der Waals surface area contributed by atoms with Crippen LogP contribution in [0.2, 0.25) is 0 Å². The molecule has 0 amide bonds. The van der Waals surface area contributed by atoms with Gasteiger partial charge in [-0.05, 0) is 25.5 Å². The lowest BCUT2D eigenvalue weighted by atomic mass is 10.2. The molecule has 1 aromatic heterocycles. The summed E-state index contributed by atoms with van der Waals surface area (Å²) in [5, 5.41) is 12.1. The van der Waals surface area contributed by atoms with Gasteiger partial charge in [-0.3, -0.25) is 0 Å². The molecule has 1 heterocycles. The fraction of sp³-hybridized carbons (Fsp3) is 0.455. The number of aromatic nitrogens is 1. The molecule has 3 N–H and O–H groups in total. The minimum absolute atomic E-state index is 0.173. The lowest BCUT2D eigenvalue weighted by Crippen LogP contribution is -2.28. The number of nitrogens with two attached hydrogens (primary N) is 1. The molecule has 1 unspecified atom stereocenters. The standard InChI is InChI=1S/C11H16N4/c1-3-10(7-13)15-11-9(6-12)5-4-8(2)14-11/h4-5,10H,3,7,13H2,1-2H3,(H,14,15). The Labute approximate surface area is 90.1 Å². The number of hydrogen-bond donors (Lipinski definition) is 2. The molecule has 0 saturated heterocycles. The van der Waals surface area contributed by atoms with E-state index in [0.29, 0.717) is 17.9 Å². The van der Waals surface area contributed by atoms with Crippen LogP contribution in [0.3, 0.4) is 0 Å². The lowest BCUT2D eigenvalue weighted by Gasteiger charge is -2.16. The van der Waals surface area contributed by atoms with Gasteiger partial charge in [0.2, 0.25) is 0 Å². The van der Waals surface area contributed by atoms with E-state index in [1.165, 1.54) is 0 Å². The molecule has 0 aliphatic rings. The molecule has 0 bridgehead atoms. The Morgan fingerprint density at radius 2 is 2.33 bits per heavy atom. The predicted octanol–water partition coefficient (Wildman–Crippen LogP) is 1.41. The summed E-state index contributed by atoms with van der Waals surface area (Å²) < 4.78 is 0. The smallest absolute Gasteiger partial charge is 0.144 e. The zero-order valence-electron chi connectivity index (χ0n) is 9.12. The van der Waals surface area contributed by atoms with E-state index in [2.05, 4.69) is 16.4 Å². The first kappa shape index (κ1) is 11.5. The summed E-state index contributed by atoms with van der Waals surface area (Å²) in [5.74, 6) is 0.634. The van der Waals surface area contributed by atoms with Gasteiger partial charge in [0.05, 0.1) is 5.56 Å². The number of aryl methyl sites for hydroxylation is 1. The summed E-state index contributed by atoms with van der Waals surface area (Å²) in [6.45, 7) is 4.49. The van der Waals surface area contributed by atoms with Crippen LogP contribution in [0.15, 0.2) is 12.1 Å². The molecular weight excluding hydrogens is 188 g/mol. The summed E-state index contributed by atoms with van der Waals surface area (Å²) >= 11 is 0. The van der Waals surface area contributed by atoms with E-state index in [0.717, 1.165) is 12.1 Å². The molecule has 1 aromatic rings. The minimum Gasteiger partial charge on any atom is -0.365 e. The average molecular weight is 204 g/mol. The van der Waals surface area contributed by atoms with Crippen LogP contribution in [0.5, 0.6) is 0 Å². The van der Waals surface area contributed by atoms with Crippen molar-refractivity contribution in [3.8, 4) is 6.07 Å². The molecule has 0 spiro atoms. The molecule has 0 aliphatic heterocycles. The van der Waals surface area contributed by atoms with Crippen molar-refractivity contribution in [1.82, 2.24) is 4.98 Å². The summed E-state index contributed by atoms with van der Waals surface area (Å²) in [5.41, 5.74) is 7.04. The van der Waals surface area contributed by atoms with Crippen molar-refractivity contribution in [2.75, 3.05) is 11.9 Å². The highest BCUT2D eigenvalue weighted by atomic mass is 15.0. The van der Waals surface area contributed by atoms with Crippen molar-refractivity contribution < 1.29 is 0 Å². The van der Waals surface area contributed by atoms with E-state index in [4.69, 9.17) is 11.0 Å². The Kier molecular flexibility index (Phi) is 4.07. The minimum atomic E-state index is 0.173. The predicted molar refractivity (Wildman–Crippen MR) is 60.4 cm³/mol. The van der Waals surface area contributed by atoms with E-state index < -0.39 is 0 Å². The maximum absolute atomic E-state index is 8.91. The third-order valence-corrected chi connectivity index (χ3v) is 2.27. The maximum Gasteiger partial charge on any atom is 0.144 e. The van der Waals surface area contributed by atoms with Gasteiger partial charge in [-0.2, -0.15) is 5.26 Å². The van der Waals surface area contributed by atoms with Crippen LogP contribution in [-0.4, -0.2) is 17.6 Å². The monoisotopic (exact) mass is 204 g/mol. The molecule has 15 heavy (non-hydrogen) atoms. The Morgan fingerprint density at radius 3 is 2.87 bits per heavy atom. The molecule has 80 valence electrons. The van der Waals surface area contributed by atoms with Gasteiger partial charge in [0, 0.05) is 18.3 Å². The largest absolute Gasteiger partial charge is 0.365 e. The van der Waals surface area contributed by atoms with Crippen LogP contribution < -0.4 is 11.1 Å². The van der Waals surface area contributed by atoms with Crippen molar-refractivity contribution in [3.05, 3.63) is 23.4 Å². The molecule has 1 rings (SSSR count). The van der Waals surface area contributed by atoms with Crippen molar-refractivity contribution in [2.24, 2.45) is 5.73 Å². The molecule has 0 aliphatic carbocycles. The van der Waals surface area contributed by atoms with E-state index in [1.54, 1.807) is 6.07 Å². The van der Waals surface area contributed by atoms with Crippen LogP contribution in [0.25, 0.3) is 0 Å². The topological polar surface area (TPSA) is 74.7 Å². The normalized spacial score (nSPS) is 11.9. The zero-order valence-corrected chi connectivity index (χ0v) is 9.12. The second-order valence-electron chi connectivity index (χ2n) is 3.45. The molecule has 1 atom stereocenters. The lowest BCUT2D eigenvalue weighted by molar-refractivity contribution is 0.699. The van der Waals surface area contributed by atoms with E-state index in [9.17, 15) is 0 Å². The third-order valence-electron chi connectivity index (χ3n) is 2.27. The summed E-state index contributed by atoms with van der Waals surface area (Å²) in [4.78, 5) is 4.29. The van der Waals surface area contributed by atoms with Gasteiger partial charge in [-0.25, -0.2) is 4.98 Å². The van der Waals surface area contributed by atoms with E-state index in [1.807, 2.05) is 19.9 Å². The molecular formula is C11H16N4. The van der Waals surface area contributed by atoms with Gasteiger partial charge in [0.1, 0.15) is 11.9 Å². The number of nitrogens with one attached hydrogen (secondary N) is 1. The number of rotatable bonds is 4. The first-order valence-electron chi connectivity index (χ1n) is 5.05. The average Bonchev–Trinajstić information content (AvgIpc) is 2.26. The second kappa shape index (κ2) is 5.32. The number of nitrogens with zero attached hydrogens (tertiary/aromatic N) is 2. The molecule has 4 heteroatoms. The molecule has 0 saturated carbocycles. The van der Waals surface area contributed by atoms with Gasteiger partial charge in [0.25, 0.3) is 0 Å². The first-order valence-corrected chi connectivity index (χ1v) is 5.05. The fourth-order valence-electron chi connectivity index (χ4n) is 1.28. The quantitative estimate of drug-likeness (QED) is 0.777. The summed E-state index contributed by atoms with van der Waals surface area (Å²) in [6.07, 6.45) is 0.914. The Morgan fingerprint density at radius 1 is 1.60 bits per heavy atom. The Balaban J connectivity index is 2.92. The maximum atomic E-state index is 8.91. The van der Waals surface area contributed by atoms with Crippen molar-refractivity contribution in [3.63, 3.8) is 0 Å². The van der Waals surface area contributed by atoms with Gasteiger partial charge in [-0.1, -0.05) is 6.92 Å². The molecule has 0 radical (unpaired) electrons. The number of pyridine rings is 1. The zero-order chi connectivity index (χ0) is 11.3. The van der Waals surface area contributed by atoms with Crippen molar-refractivity contribution in [2.45, 2.75) is 26.3 Å². The SMILES string of the molecule is CCC(CN)Nc1nc(C)ccc1C#N. The van der Waals surface area contributed by atoms with Crippen molar-refractivity contribution >= 4 is 5.82 Å². The highest BCUT2D eigenvalue weighted by Crippen LogP contribution is 2.13. The van der Waals surface area contributed by atoms with Crippen LogP contribution in [0, 0.1) is 18.3 Å². The molecule has 0 fully saturated rings. The van der Waals surface area contributed by atoms with Crippen LogP contribution in [-0.2, 0) is 0 Å². The second-order valence-corrected chi connectivity index (χ2v) is 3.45. The number of anilines is 1. The van der Waals surface area contributed by atoms with E-state index in [-0.39, 0.29) is 6.04 Å². The molecule has 0 aromatic carbocycles. The third kappa shape index (κ3) is 2.93. The Hall–Kier alpha value is -1.60. The van der Waals surface area contributed by atoms with Crippen LogP contribution >= 0.6 is 0 Å². The number of hydrogen-bond acceptors (Lipinski definition) is 4. The number of nitriles is 1. The highest BCUT2D eigenvalue weighted by molar-refractivity contribution is 5.52. The first-order chi connectivity index (χ1) is 7.21. The van der Waals surface area contributed by atoms with Gasteiger partial charge in [-0.15, -0.1) is 0 Å². The van der Waals surface area contributed by atoms with Gasteiger partial charge in [0.15, 0.2) is 0 Å². The summed E-state index contributed by atoms with van der Waals surface area (Å²) in [6, 6.07) is 5.88. The molecule has 4 nitrogen and oxygen atoms in total. The van der Waals surface area contributed by atoms with Crippen LogP contribution in [0.4, 0.5) is 5.82 Å². The summed E-state index contributed by atoms with van der Waals surface area (Å²) in [7, 11) is 0. The fourth-order valence-corrected chi connectivity index (χ4v) is 1.28. The Bertz CT molecular complexity index is 363. The van der Waals surface area contributed by atoms with E-state index >= 15 is 0 Å². The van der Waals surface area contributed by atoms with Crippen LogP contribution in [0.1, 0.15) is 24.6 Å². The van der Waals surface area contributed by atoms with Gasteiger partial charge < -0.3 is 11.1 Å². The highest BCUT2D eigenvalue weighted by Gasteiger charge is 2.08. The van der Waals surface area contributed by atoms with Gasteiger partial charge >= 0.3 is 0 Å².